The zero-order valence-corrected chi connectivity index (χ0v) is 12.1. The predicted octanol–water partition coefficient (Wildman–Crippen LogP) is 3.49. The summed E-state index contributed by atoms with van der Waals surface area (Å²) in [6, 6.07) is 3.31. The van der Waals surface area contributed by atoms with E-state index in [1.807, 2.05) is 6.08 Å². The fourth-order valence-electron chi connectivity index (χ4n) is 2.90. The second kappa shape index (κ2) is 7.49. The van der Waals surface area contributed by atoms with Gasteiger partial charge >= 0.3 is 0 Å². The van der Waals surface area contributed by atoms with Gasteiger partial charge in [0.15, 0.2) is 0 Å². The Balaban J connectivity index is 1.90. The molecule has 3 nitrogen and oxygen atoms in total. The first kappa shape index (κ1) is 14.3. The molecule has 3 heteroatoms. The maximum atomic E-state index is 4.76. The molecule has 1 aliphatic carbocycles. The second-order valence-corrected chi connectivity index (χ2v) is 5.60. The molecule has 1 fully saturated rings. The largest absolute Gasteiger partial charge is 0.313 e. The van der Waals surface area contributed by atoms with E-state index in [0.717, 1.165) is 19.4 Å². The standard InChI is InChI=1S/C16H27N3/c1-3-7-14(17-11-4-2)13-15-10-12-19(18-15)16-8-5-6-9-16/h3,10,12,14,16-17H,1,4-9,11,13H2,2H3. The van der Waals surface area contributed by atoms with Crippen LogP contribution in [0, 0.1) is 0 Å². The van der Waals surface area contributed by atoms with Crippen LogP contribution in [0.15, 0.2) is 24.9 Å². The molecule has 1 unspecified atom stereocenters. The minimum Gasteiger partial charge on any atom is -0.313 e. The lowest BCUT2D eigenvalue weighted by molar-refractivity contribution is 0.454. The predicted molar refractivity (Wildman–Crippen MR) is 80.3 cm³/mol. The summed E-state index contributed by atoms with van der Waals surface area (Å²) in [5.41, 5.74) is 1.21. The van der Waals surface area contributed by atoms with Gasteiger partial charge in [-0.25, -0.2) is 0 Å². The van der Waals surface area contributed by atoms with Gasteiger partial charge in [-0.15, -0.1) is 6.58 Å². The van der Waals surface area contributed by atoms with E-state index in [9.17, 15) is 0 Å². The third kappa shape index (κ3) is 4.20. The molecule has 0 saturated heterocycles. The summed E-state index contributed by atoms with van der Waals surface area (Å²) in [6.45, 7) is 7.13. The highest BCUT2D eigenvalue weighted by atomic mass is 15.3. The summed E-state index contributed by atoms with van der Waals surface area (Å²) in [7, 11) is 0. The van der Waals surface area contributed by atoms with Crippen molar-refractivity contribution < 1.29 is 0 Å². The van der Waals surface area contributed by atoms with Gasteiger partial charge in [0.2, 0.25) is 0 Å². The van der Waals surface area contributed by atoms with Gasteiger partial charge in [0.1, 0.15) is 0 Å². The summed E-state index contributed by atoms with van der Waals surface area (Å²) < 4.78 is 2.19. The van der Waals surface area contributed by atoms with E-state index < -0.39 is 0 Å². The molecule has 1 saturated carbocycles. The molecule has 0 aromatic carbocycles. The quantitative estimate of drug-likeness (QED) is 0.726. The molecule has 1 aromatic heterocycles. The molecule has 0 spiro atoms. The van der Waals surface area contributed by atoms with Crippen molar-refractivity contribution in [1.29, 1.82) is 0 Å². The van der Waals surface area contributed by atoms with Gasteiger partial charge in [-0.3, -0.25) is 4.68 Å². The maximum absolute atomic E-state index is 4.76. The number of hydrogen-bond acceptors (Lipinski definition) is 2. The summed E-state index contributed by atoms with van der Waals surface area (Å²) >= 11 is 0. The van der Waals surface area contributed by atoms with Crippen LogP contribution in [0.2, 0.25) is 0 Å². The Kier molecular flexibility index (Phi) is 5.64. The molecule has 106 valence electrons. The Hall–Kier alpha value is -1.09. The van der Waals surface area contributed by atoms with Crippen molar-refractivity contribution in [2.45, 2.75) is 64.0 Å². The van der Waals surface area contributed by atoms with Gasteiger partial charge in [0.25, 0.3) is 0 Å². The smallest absolute Gasteiger partial charge is 0.0640 e. The van der Waals surface area contributed by atoms with E-state index in [-0.39, 0.29) is 0 Å². The highest BCUT2D eigenvalue weighted by Crippen LogP contribution is 2.28. The Morgan fingerprint density at radius 1 is 1.53 bits per heavy atom. The van der Waals surface area contributed by atoms with Crippen LogP contribution in [0.3, 0.4) is 0 Å². The van der Waals surface area contributed by atoms with Crippen LogP contribution in [0.25, 0.3) is 0 Å². The number of aromatic nitrogens is 2. The zero-order valence-electron chi connectivity index (χ0n) is 12.1. The molecule has 1 atom stereocenters. The molecule has 1 aromatic rings. The van der Waals surface area contributed by atoms with Gasteiger partial charge in [-0.1, -0.05) is 25.8 Å². The molecular weight excluding hydrogens is 234 g/mol. The third-order valence-corrected chi connectivity index (χ3v) is 3.95. The fourth-order valence-corrected chi connectivity index (χ4v) is 2.90. The van der Waals surface area contributed by atoms with E-state index in [1.165, 1.54) is 37.8 Å². The number of nitrogens with zero attached hydrogens (tertiary/aromatic N) is 2. The summed E-state index contributed by atoms with van der Waals surface area (Å²) in [6.07, 6.45) is 12.7. The van der Waals surface area contributed by atoms with Gasteiger partial charge in [0, 0.05) is 18.7 Å². The minimum atomic E-state index is 0.476. The molecular formula is C16H27N3. The normalized spacial score (nSPS) is 17.7. The molecule has 0 aliphatic heterocycles. The molecule has 0 amide bonds. The first-order chi connectivity index (χ1) is 9.33. The van der Waals surface area contributed by atoms with Crippen LogP contribution >= 0.6 is 0 Å². The first-order valence-electron chi connectivity index (χ1n) is 7.71. The van der Waals surface area contributed by atoms with Crippen LogP contribution in [0.5, 0.6) is 0 Å². The van der Waals surface area contributed by atoms with Crippen molar-refractivity contribution in [3.8, 4) is 0 Å². The highest BCUT2D eigenvalue weighted by molar-refractivity contribution is 5.03. The monoisotopic (exact) mass is 261 g/mol. The molecule has 1 N–H and O–H groups in total. The Labute approximate surface area is 117 Å². The molecule has 0 bridgehead atoms. The number of nitrogens with one attached hydrogen (secondary N) is 1. The van der Waals surface area contributed by atoms with Crippen molar-refractivity contribution in [2.75, 3.05) is 6.54 Å². The van der Waals surface area contributed by atoms with Crippen LogP contribution < -0.4 is 5.32 Å². The first-order valence-corrected chi connectivity index (χ1v) is 7.71. The Morgan fingerprint density at radius 2 is 2.32 bits per heavy atom. The van der Waals surface area contributed by atoms with E-state index in [4.69, 9.17) is 5.10 Å². The lowest BCUT2D eigenvalue weighted by Crippen LogP contribution is -2.31. The van der Waals surface area contributed by atoms with Crippen LogP contribution in [-0.4, -0.2) is 22.4 Å². The number of hydrogen-bond donors (Lipinski definition) is 1. The summed E-state index contributed by atoms with van der Waals surface area (Å²) in [5.74, 6) is 0. The average molecular weight is 261 g/mol. The van der Waals surface area contributed by atoms with Gasteiger partial charge in [0.05, 0.1) is 11.7 Å². The molecule has 1 heterocycles. The van der Waals surface area contributed by atoms with E-state index in [1.54, 1.807) is 0 Å². The molecule has 2 rings (SSSR count). The van der Waals surface area contributed by atoms with Gasteiger partial charge in [-0.05, 0) is 38.3 Å². The lowest BCUT2D eigenvalue weighted by atomic mass is 10.1. The van der Waals surface area contributed by atoms with Crippen molar-refractivity contribution in [1.82, 2.24) is 15.1 Å². The van der Waals surface area contributed by atoms with E-state index >= 15 is 0 Å². The Morgan fingerprint density at radius 3 is 3.00 bits per heavy atom. The fraction of sp³-hybridized carbons (Fsp3) is 0.688. The maximum Gasteiger partial charge on any atom is 0.0640 e. The summed E-state index contributed by atoms with van der Waals surface area (Å²) in [5, 5.41) is 8.34. The zero-order chi connectivity index (χ0) is 13.5. The molecule has 19 heavy (non-hydrogen) atoms. The van der Waals surface area contributed by atoms with Crippen molar-refractivity contribution in [3.05, 3.63) is 30.6 Å². The topological polar surface area (TPSA) is 29.9 Å². The van der Waals surface area contributed by atoms with E-state index in [0.29, 0.717) is 12.1 Å². The molecule has 0 radical (unpaired) electrons. The lowest BCUT2D eigenvalue weighted by Gasteiger charge is -2.15. The third-order valence-electron chi connectivity index (χ3n) is 3.95. The highest BCUT2D eigenvalue weighted by Gasteiger charge is 2.18. The van der Waals surface area contributed by atoms with Gasteiger partial charge < -0.3 is 5.32 Å². The van der Waals surface area contributed by atoms with Crippen molar-refractivity contribution in [2.24, 2.45) is 0 Å². The SMILES string of the molecule is C=CCC(Cc1ccn(C2CCCC2)n1)NCCC. The number of rotatable bonds is 8. The minimum absolute atomic E-state index is 0.476. The van der Waals surface area contributed by atoms with Crippen molar-refractivity contribution in [3.63, 3.8) is 0 Å². The van der Waals surface area contributed by atoms with E-state index in [2.05, 4.69) is 35.8 Å². The second-order valence-electron chi connectivity index (χ2n) is 5.60. The van der Waals surface area contributed by atoms with Crippen LogP contribution in [0.4, 0.5) is 0 Å². The average Bonchev–Trinajstić information content (AvgIpc) is 3.06. The molecule has 1 aliphatic rings. The summed E-state index contributed by atoms with van der Waals surface area (Å²) in [4.78, 5) is 0. The Bertz CT molecular complexity index is 377. The van der Waals surface area contributed by atoms with Crippen LogP contribution in [0.1, 0.15) is 57.2 Å². The van der Waals surface area contributed by atoms with Crippen LogP contribution in [-0.2, 0) is 6.42 Å². The van der Waals surface area contributed by atoms with Crippen molar-refractivity contribution >= 4 is 0 Å². The van der Waals surface area contributed by atoms with Gasteiger partial charge in [-0.2, -0.15) is 5.10 Å².